The molecule has 5 heteroatoms. The highest BCUT2D eigenvalue weighted by atomic mass is 16.5. The van der Waals surface area contributed by atoms with Gasteiger partial charge in [-0.2, -0.15) is 0 Å². The highest BCUT2D eigenvalue weighted by Crippen LogP contribution is 2.17. The second-order valence-corrected chi connectivity index (χ2v) is 4.96. The number of amides is 2. The Morgan fingerprint density at radius 3 is 2.75 bits per heavy atom. The van der Waals surface area contributed by atoms with Gasteiger partial charge in [-0.25, -0.2) is 4.79 Å². The van der Waals surface area contributed by atoms with Crippen molar-refractivity contribution in [3.63, 3.8) is 0 Å². The second-order valence-electron chi connectivity index (χ2n) is 4.96. The van der Waals surface area contributed by atoms with Gasteiger partial charge in [-0.3, -0.25) is 0 Å². The molecule has 0 atom stereocenters. The topological polar surface area (TPSA) is 53.6 Å². The van der Waals surface area contributed by atoms with Crippen LogP contribution in [0.5, 0.6) is 0 Å². The number of hydrogen-bond acceptors (Lipinski definition) is 3. The highest BCUT2D eigenvalue weighted by Gasteiger charge is 2.06. The molecule has 0 bridgehead atoms. The van der Waals surface area contributed by atoms with Gasteiger partial charge in [0.25, 0.3) is 0 Å². The first-order valence-corrected chi connectivity index (χ1v) is 6.76. The van der Waals surface area contributed by atoms with Crippen molar-refractivity contribution in [2.75, 3.05) is 37.5 Å². The molecule has 0 aromatic heterocycles. The van der Waals surface area contributed by atoms with E-state index >= 15 is 0 Å². The lowest BCUT2D eigenvalue weighted by atomic mass is 10.1. The maximum atomic E-state index is 11.8. The number of ether oxygens (including phenoxy) is 1. The van der Waals surface area contributed by atoms with Crippen LogP contribution in [0.3, 0.4) is 0 Å². The monoisotopic (exact) mass is 275 g/mol. The number of urea groups is 1. The molecule has 20 heavy (non-hydrogen) atoms. The van der Waals surface area contributed by atoms with Gasteiger partial charge in [-0.05, 0) is 36.6 Å². The van der Waals surface area contributed by atoms with E-state index in [9.17, 15) is 4.79 Å². The molecule has 0 aliphatic carbocycles. The molecule has 0 saturated carbocycles. The molecule has 108 valence electrons. The molecule has 1 fully saturated rings. The summed E-state index contributed by atoms with van der Waals surface area (Å²) in [5.74, 6) is 0. The molecule has 1 aliphatic heterocycles. The summed E-state index contributed by atoms with van der Waals surface area (Å²) in [6, 6.07) is 7.49. The molecule has 2 amide bonds. The molecule has 0 spiro atoms. The Kier molecular flexibility index (Phi) is 5.01. The van der Waals surface area contributed by atoms with Crippen LogP contribution in [0.2, 0.25) is 0 Å². The third kappa shape index (κ3) is 4.28. The van der Waals surface area contributed by atoms with Crippen molar-refractivity contribution in [3.8, 4) is 0 Å². The maximum Gasteiger partial charge on any atom is 0.323 e. The normalized spacial score (nSPS) is 14.6. The molecule has 0 unspecified atom stereocenters. The van der Waals surface area contributed by atoms with Gasteiger partial charge in [0.15, 0.2) is 0 Å². The van der Waals surface area contributed by atoms with Gasteiger partial charge < -0.3 is 20.3 Å². The van der Waals surface area contributed by atoms with E-state index in [4.69, 9.17) is 4.74 Å². The third-order valence-electron chi connectivity index (χ3n) is 3.16. The Morgan fingerprint density at radius 1 is 1.30 bits per heavy atom. The van der Waals surface area contributed by atoms with Crippen LogP contribution in [0.4, 0.5) is 16.2 Å². The zero-order valence-electron chi connectivity index (χ0n) is 12.0. The third-order valence-corrected chi connectivity index (χ3v) is 3.16. The zero-order valence-corrected chi connectivity index (χ0v) is 12.0. The van der Waals surface area contributed by atoms with Crippen molar-refractivity contribution in [1.82, 2.24) is 5.32 Å². The number of carbonyl (C=O) groups is 1. The molecule has 1 aromatic rings. The largest absolute Gasteiger partial charge is 0.381 e. The standard InChI is InChI=1S/C15H21N3O2/c1-18(2)14-5-3-4-13(10-14)17-15(19)16-11-12-6-8-20-9-7-12/h3-5,10-11H,6-9H2,1-2H3,(H2,16,17,19). The quantitative estimate of drug-likeness (QED) is 0.891. The molecule has 1 aromatic carbocycles. The summed E-state index contributed by atoms with van der Waals surface area (Å²) < 4.78 is 5.26. The molecule has 2 N–H and O–H groups in total. The number of rotatable bonds is 3. The molecule has 1 saturated heterocycles. The van der Waals surface area contributed by atoms with E-state index in [1.807, 2.05) is 43.3 Å². The van der Waals surface area contributed by atoms with E-state index in [0.717, 1.165) is 37.4 Å². The van der Waals surface area contributed by atoms with Crippen LogP contribution in [0.15, 0.2) is 36.0 Å². The summed E-state index contributed by atoms with van der Waals surface area (Å²) in [5.41, 5.74) is 3.04. The number of benzene rings is 1. The minimum atomic E-state index is -0.222. The van der Waals surface area contributed by atoms with Crippen molar-refractivity contribution in [2.24, 2.45) is 0 Å². The van der Waals surface area contributed by atoms with Gasteiger partial charge in [0.05, 0.1) is 13.2 Å². The van der Waals surface area contributed by atoms with E-state index in [1.165, 1.54) is 5.57 Å². The van der Waals surface area contributed by atoms with E-state index < -0.39 is 0 Å². The van der Waals surface area contributed by atoms with Crippen LogP contribution < -0.4 is 15.5 Å². The summed E-state index contributed by atoms with van der Waals surface area (Å²) in [5, 5.41) is 5.59. The predicted octanol–water partition coefficient (Wildman–Crippen LogP) is 2.57. The smallest absolute Gasteiger partial charge is 0.323 e. The number of nitrogens with one attached hydrogen (secondary N) is 2. The molecule has 2 rings (SSSR count). The van der Waals surface area contributed by atoms with Crippen molar-refractivity contribution < 1.29 is 9.53 Å². The van der Waals surface area contributed by atoms with Crippen LogP contribution >= 0.6 is 0 Å². The van der Waals surface area contributed by atoms with Crippen LogP contribution in [-0.2, 0) is 4.74 Å². The summed E-state index contributed by atoms with van der Waals surface area (Å²) in [6.07, 6.45) is 3.56. The van der Waals surface area contributed by atoms with Crippen LogP contribution in [0.25, 0.3) is 0 Å². The molecule has 1 heterocycles. The minimum Gasteiger partial charge on any atom is -0.381 e. The molecule has 0 radical (unpaired) electrons. The fourth-order valence-electron chi connectivity index (χ4n) is 1.97. The van der Waals surface area contributed by atoms with Gasteiger partial charge in [0.1, 0.15) is 0 Å². The van der Waals surface area contributed by atoms with E-state index in [2.05, 4.69) is 10.6 Å². The van der Waals surface area contributed by atoms with E-state index in [-0.39, 0.29) is 6.03 Å². The van der Waals surface area contributed by atoms with Crippen molar-refractivity contribution >= 4 is 17.4 Å². The predicted molar refractivity (Wildman–Crippen MR) is 81.1 cm³/mol. The van der Waals surface area contributed by atoms with Crippen molar-refractivity contribution in [2.45, 2.75) is 12.8 Å². The SMILES string of the molecule is CN(C)c1cccc(NC(=O)NC=C2CCOCC2)c1. The first-order chi connectivity index (χ1) is 9.65. The lowest BCUT2D eigenvalue weighted by Crippen LogP contribution is -2.25. The molecule has 5 nitrogen and oxygen atoms in total. The number of nitrogens with zero attached hydrogens (tertiary/aromatic N) is 1. The summed E-state index contributed by atoms with van der Waals surface area (Å²) >= 11 is 0. The molecular formula is C15H21N3O2. The van der Waals surface area contributed by atoms with E-state index in [0.29, 0.717) is 0 Å². The number of carbonyl (C=O) groups excluding carboxylic acids is 1. The lowest BCUT2D eigenvalue weighted by molar-refractivity contribution is 0.119. The Hall–Kier alpha value is -2.01. The molecule has 1 aliphatic rings. The summed E-state index contributed by atoms with van der Waals surface area (Å²) in [4.78, 5) is 13.8. The average Bonchev–Trinajstić information content (AvgIpc) is 2.46. The zero-order chi connectivity index (χ0) is 14.4. The van der Waals surface area contributed by atoms with Crippen LogP contribution in [0.1, 0.15) is 12.8 Å². The number of anilines is 2. The van der Waals surface area contributed by atoms with Crippen LogP contribution in [-0.4, -0.2) is 33.3 Å². The van der Waals surface area contributed by atoms with Crippen molar-refractivity contribution in [3.05, 3.63) is 36.0 Å². The fourth-order valence-corrected chi connectivity index (χ4v) is 1.97. The first kappa shape index (κ1) is 14.4. The Labute approximate surface area is 119 Å². The van der Waals surface area contributed by atoms with E-state index in [1.54, 1.807) is 6.20 Å². The van der Waals surface area contributed by atoms with Gasteiger partial charge in [0.2, 0.25) is 0 Å². The average molecular weight is 275 g/mol. The molecular weight excluding hydrogens is 254 g/mol. The van der Waals surface area contributed by atoms with Crippen molar-refractivity contribution in [1.29, 1.82) is 0 Å². The fraction of sp³-hybridized carbons (Fsp3) is 0.400. The Balaban J connectivity index is 1.89. The maximum absolute atomic E-state index is 11.8. The van der Waals surface area contributed by atoms with Gasteiger partial charge >= 0.3 is 6.03 Å². The summed E-state index contributed by atoms with van der Waals surface area (Å²) in [6.45, 7) is 1.47. The van der Waals surface area contributed by atoms with Gasteiger partial charge in [-0.1, -0.05) is 6.07 Å². The number of hydrogen-bond donors (Lipinski definition) is 2. The Bertz CT molecular complexity index is 490. The summed E-state index contributed by atoms with van der Waals surface area (Å²) in [7, 11) is 3.93. The van der Waals surface area contributed by atoms with Gasteiger partial charge in [0, 0.05) is 31.7 Å². The highest BCUT2D eigenvalue weighted by molar-refractivity contribution is 5.90. The Morgan fingerprint density at radius 2 is 2.05 bits per heavy atom. The van der Waals surface area contributed by atoms with Gasteiger partial charge in [-0.15, -0.1) is 0 Å². The lowest BCUT2D eigenvalue weighted by Gasteiger charge is -2.15. The second kappa shape index (κ2) is 6.96. The first-order valence-electron chi connectivity index (χ1n) is 6.76. The minimum absolute atomic E-state index is 0.222. The van der Waals surface area contributed by atoms with Crippen LogP contribution in [0, 0.1) is 0 Å².